The van der Waals surface area contributed by atoms with Gasteiger partial charge in [0.1, 0.15) is 0 Å². The maximum atomic E-state index is 13.1. The number of piperidine rings is 1. The molecule has 2 amide bonds. The van der Waals surface area contributed by atoms with Gasteiger partial charge in [-0.1, -0.05) is 59.8 Å². The van der Waals surface area contributed by atoms with E-state index in [2.05, 4.69) is 10.2 Å². The van der Waals surface area contributed by atoms with Crippen LogP contribution in [0.3, 0.4) is 0 Å². The minimum absolute atomic E-state index is 0.0133. The lowest BCUT2D eigenvalue weighted by Gasteiger charge is -2.32. The van der Waals surface area contributed by atoms with Gasteiger partial charge in [-0.15, -0.1) is 10.2 Å². The molecule has 32 heavy (non-hydrogen) atoms. The molecule has 1 aromatic heterocycles. The van der Waals surface area contributed by atoms with Gasteiger partial charge < -0.3 is 10.6 Å². The highest BCUT2D eigenvalue weighted by molar-refractivity contribution is 8.00. The van der Waals surface area contributed by atoms with Gasteiger partial charge in [-0.05, 0) is 38.8 Å². The zero-order valence-electron chi connectivity index (χ0n) is 18.3. The van der Waals surface area contributed by atoms with E-state index in [1.807, 2.05) is 73.0 Å². The molecule has 1 fully saturated rings. The molecule has 2 heterocycles. The van der Waals surface area contributed by atoms with E-state index < -0.39 is 0 Å². The first kappa shape index (κ1) is 22.1. The van der Waals surface area contributed by atoms with Crippen molar-refractivity contribution in [2.45, 2.75) is 37.1 Å². The lowest BCUT2D eigenvalue weighted by Crippen LogP contribution is -2.46. The third-order valence-corrected chi connectivity index (χ3v) is 6.75. The van der Waals surface area contributed by atoms with E-state index in [1.165, 1.54) is 11.8 Å². The van der Waals surface area contributed by atoms with Crippen molar-refractivity contribution in [3.63, 3.8) is 0 Å². The summed E-state index contributed by atoms with van der Waals surface area (Å²) in [6.45, 7) is 4.95. The molecule has 0 spiro atoms. The fourth-order valence-electron chi connectivity index (χ4n) is 3.92. The quantitative estimate of drug-likeness (QED) is 0.582. The van der Waals surface area contributed by atoms with Crippen LogP contribution in [0, 0.1) is 12.8 Å². The number of nitrogens with two attached hydrogens (primary N) is 1. The van der Waals surface area contributed by atoms with Crippen LogP contribution in [0.5, 0.6) is 0 Å². The molecule has 8 heteroatoms. The molecule has 2 aromatic carbocycles. The van der Waals surface area contributed by atoms with Gasteiger partial charge in [-0.25, -0.2) is 0 Å². The third-order valence-electron chi connectivity index (χ3n) is 5.72. The molecule has 0 saturated carbocycles. The zero-order chi connectivity index (χ0) is 22.7. The number of amides is 2. The molecule has 4 rings (SSSR count). The van der Waals surface area contributed by atoms with Crippen LogP contribution >= 0.6 is 11.8 Å². The van der Waals surface area contributed by atoms with Gasteiger partial charge in [-0.2, -0.15) is 0 Å². The van der Waals surface area contributed by atoms with E-state index in [4.69, 9.17) is 5.73 Å². The third kappa shape index (κ3) is 4.70. The standard InChI is InChI=1S/C24H27N5O2S/c1-16-10-12-20(13-11-16)29-22(18-7-4-3-5-8-18)26-27-24(29)32-17(2)23(31)28-14-6-9-19(15-28)21(25)30/h3-5,7-8,10-13,17,19H,6,9,14-15H2,1-2H3,(H2,25,30). The number of aromatic nitrogens is 3. The van der Waals surface area contributed by atoms with Crippen molar-refractivity contribution >= 4 is 23.6 Å². The Balaban J connectivity index is 1.62. The summed E-state index contributed by atoms with van der Waals surface area (Å²) in [6, 6.07) is 18.0. The molecular formula is C24H27N5O2S. The molecular weight excluding hydrogens is 422 g/mol. The Hall–Kier alpha value is -3.13. The van der Waals surface area contributed by atoms with Crippen LogP contribution in [0.25, 0.3) is 17.1 Å². The Labute approximate surface area is 192 Å². The summed E-state index contributed by atoms with van der Waals surface area (Å²) in [4.78, 5) is 26.5. The highest BCUT2D eigenvalue weighted by Crippen LogP contribution is 2.31. The van der Waals surface area contributed by atoms with Gasteiger partial charge in [0, 0.05) is 24.3 Å². The van der Waals surface area contributed by atoms with Crippen molar-refractivity contribution in [1.82, 2.24) is 19.7 Å². The average molecular weight is 450 g/mol. The van der Waals surface area contributed by atoms with Crippen molar-refractivity contribution in [3.05, 3.63) is 60.2 Å². The maximum Gasteiger partial charge on any atom is 0.235 e. The molecule has 7 nitrogen and oxygen atoms in total. The lowest BCUT2D eigenvalue weighted by molar-refractivity contribution is -0.134. The Morgan fingerprint density at radius 3 is 2.50 bits per heavy atom. The normalized spacial score (nSPS) is 17.2. The number of hydrogen-bond donors (Lipinski definition) is 1. The van der Waals surface area contributed by atoms with E-state index in [0.717, 1.165) is 35.5 Å². The number of likely N-dealkylation sites (tertiary alicyclic amines) is 1. The molecule has 1 saturated heterocycles. The summed E-state index contributed by atoms with van der Waals surface area (Å²) in [5.41, 5.74) is 8.53. The van der Waals surface area contributed by atoms with Gasteiger partial charge in [0.15, 0.2) is 11.0 Å². The number of aryl methyl sites for hydroxylation is 1. The summed E-state index contributed by atoms with van der Waals surface area (Å²) in [5, 5.41) is 9.16. The number of hydrogen-bond acceptors (Lipinski definition) is 5. The maximum absolute atomic E-state index is 13.1. The highest BCUT2D eigenvalue weighted by Gasteiger charge is 2.31. The zero-order valence-corrected chi connectivity index (χ0v) is 19.1. The number of nitrogens with zero attached hydrogens (tertiary/aromatic N) is 4. The predicted molar refractivity (Wildman–Crippen MR) is 125 cm³/mol. The molecule has 1 aliphatic heterocycles. The molecule has 166 valence electrons. The minimum Gasteiger partial charge on any atom is -0.369 e. The van der Waals surface area contributed by atoms with Gasteiger partial charge in [0.25, 0.3) is 0 Å². The average Bonchev–Trinajstić information content (AvgIpc) is 3.23. The first-order chi connectivity index (χ1) is 15.4. The SMILES string of the molecule is Cc1ccc(-n2c(SC(C)C(=O)N3CCCC(C(N)=O)C3)nnc2-c2ccccc2)cc1. The topological polar surface area (TPSA) is 94.1 Å². The van der Waals surface area contributed by atoms with Gasteiger partial charge in [0.2, 0.25) is 11.8 Å². The van der Waals surface area contributed by atoms with Gasteiger partial charge >= 0.3 is 0 Å². The molecule has 3 aromatic rings. The van der Waals surface area contributed by atoms with Crippen LogP contribution in [-0.4, -0.2) is 49.8 Å². The van der Waals surface area contributed by atoms with Crippen LogP contribution in [-0.2, 0) is 9.59 Å². The second-order valence-corrected chi connectivity index (χ2v) is 9.44. The van der Waals surface area contributed by atoms with E-state index >= 15 is 0 Å². The number of benzene rings is 2. The monoisotopic (exact) mass is 449 g/mol. The van der Waals surface area contributed by atoms with Crippen LogP contribution in [0.4, 0.5) is 0 Å². The Kier molecular flexibility index (Phi) is 6.60. The minimum atomic E-state index is -0.376. The first-order valence-electron chi connectivity index (χ1n) is 10.8. The first-order valence-corrected chi connectivity index (χ1v) is 11.6. The fraction of sp³-hybridized carbons (Fsp3) is 0.333. The lowest BCUT2D eigenvalue weighted by atomic mass is 9.97. The second-order valence-electron chi connectivity index (χ2n) is 8.13. The van der Waals surface area contributed by atoms with Crippen LogP contribution in [0.2, 0.25) is 0 Å². The van der Waals surface area contributed by atoms with Crippen molar-refractivity contribution in [2.24, 2.45) is 11.7 Å². The number of thioether (sulfide) groups is 1. The van der Waals surface area contributed by atoms with Crippen molar-refractivity contribution in [1.29, 1.82) is 0 Å². The molecule has 0 aliphatic carbocycles. The fourth-order valence-corrected chi connectivity index (χ4v) is 4.87. The van der Waals surface area contributed by atoms with E-state index in [9.17, 15) is 9.59 Å². The molecule has 2 atom stereocenters. The Morgan fingerprint density at radius 2 is 1.81 bits per heavy atom. The van der Waals surface area contributed by atoms with Crippen molar-refractivity contribution in [2.75, 3.05) is 13.1 Å². The summed E-state index contributed by atoms with van der Waals surface area (Å²) < 4.78 is 1.99. The number of rotatable bonds is 6. The highest BCUT2D eigenvalue weighted by atomic mass is 32.2. The largest absolute Gasteiger partial charge is 0.369 e. The number of primary amides is 1. The van der Waals surface area contributed by atoms with Gasteiger partial charge in [0.05, 0.1) is 11.2 Å². The van der Waals surface area contributed by atoms with Crippen molar-refractivity contribution in [3.8, 4) is 17.1 Å². The summed E-state index contributed by atoms with van der Waals surface area (Å²) in [6.07, 6.45) is 1.53. The van der Waals surface area contributed by atoms with Gasteiger partial charge in [-0.3, -0.25) is 14.2 Å². The molecule has 2 unspecified atom stereocenters. The smallest absolute Gasteiger partial charge is 0.235 e. The van der Waals surface area contributed by atoms with Crippen LogP contribution in [0.15, 0.2) is 59.8 Å². The summed E-state index contributed by atoms with van der Waals surface area (Å²) >= 11 is 1.38. The van der Waals surface area contributed by atoms with Crippen LogP contribution < -0.4 is 5.73 Å². The molecule has 2 N–H and O–H groups in total. The molecule has 1 aliphatic rings. The van der Waals surface area contributed by atoms with E-state index in [1.54, 1.807) is 4.90 Å². The van der Waals surface area contributed by atoms with Crippen LogP contribution in [0.1, 0.15) is 25.3 Å². The summed E-state index contributed by atoms with van der Waals surface area (Å²) in [7, 11) is 0. The number of carbonyl (C=O) groups is 2. The Bertz CT molecular complexity index is 1100. The molecule has 0 bridgehead atoms. The van der Waals surface area contributed by atoms with E-state index in [-0.39, 0.29) is 23.0 Å². The number of carbonyl (C=O) groups excluding carboxylic acids is 2. The van der Waals surface area contributed by atoms with E-state index in [0.29, 0.717) is 18.2 Å². The Morgan fingerprint density at radius 1 is 1.09 bits per heavy atom. The second kappa shape index (κ2) is 9.56. The predicted octanol–water partition coefficient (Wildman–Crippen LogP) is 3.45. The summed E-state index contributed by atoms with van der Waals surface area (Å²) in [5.74, 6) is 0.101. The van der Waals surface area contributed by atoms with Crippen molar-refractivity contribution < 1.29 is 9.59 Å². The molecule has 0 radical (unpaired) electrons.